The van der Waals surface area contributed by atoms with Crippen LogP contribution < -0.4 is 0 Å². The van der Waals surface area contributed by atoms with E-state index in [4.69, 9.17) is 9.47 Å². The van der Waals surface area contributed by atoms with E-state index in [1.807, 2.05) is 0 Å². The van der Waals surface area contributed by atoms with Crippen molar-refractivity contribution in [1.29, 1.82) is 0 Å². The quantitative estimate of drug-likeness (QED) is 0.0546. The zero-order valence-electron chi connectivity index (χ0n) is 30.6. The van der Waals surface area contributed by atoms with Crippen molar-refractivity contribution in [3.8, 4) is 0 Å². The maximum absolute atomic E-state index is 12.2. The number of aliphatic hydroxyl groups is 1. The number of hydrogen-bond donors (Lipinski definition) is 1. The summed E-state index contributed by atoms with van der Waals surface area (Å²) in [7, 11) is 0. The predicted octanol–water partition coefficient (Wildman–Crippen LogP) is 12.2. The maximum Gasteiger partial charge on any atom is 0.306 e. The van der Waals surface area contributed by atoms with Crippen molar-refractivity contribution in [3.63, 3.8) is 0 Å². The third-order valence-corrected chi connectivity index (χ3v) is 9.08. The van der Waals surface area contributed by atoms with E-state index in [0.29, 0.717) is 12.8 Å². The second-order valence-corrected chi connectivity index (χ2v) is 14.2. The van der Waals surface area contributed by atoms with Crippen molar-refractivity contribution in [2.75, 3.05) is 13.2 Å². The summed E-state index contributed by atoms with van der Waals surface area (Å²) in [6.45, 7) is 6.51. The molecule has 1 atom stereocenters. The first-order chi connectivity index (χ1) is 22.0. The van der Waals surface area contributed by atoms with E-state index in [1.54, 1.807) is 0 Å². The highest BCUT2D eigenvalue weighted by Gasteiger charge is 2.16. The molecule has 0 aliphatic rings. The van der Waals surface area contributed by atoms with Gasteiger partial charge in [-0.25, -0.2) is 0 Å². The molecule has 0 rings (SSSR count). The normalized spacial score (nSPS) is 12.1. The third kappa shape index (κ3) is 35.6. The average Bonchev–Trinajstić information content (AvgIpc) is 3.02. The number of unbranched alkanes of at least 4 members (excludes halogenated alkanes) is 26. The number of rotatable bonds is 36. The van der Waals surface area contributed by atoms with Crippen LogP contribution in [0.5, 0.6) is 0 Å². The fraction of sp³-hybridized carbons (Fsp3) is 0.950. The van der Waals surface area contributed by atoms with Crippen LogP contribution in [0.2, 0.25) is 0 Å². The molecule has 268 valence electrons. The van der Waals surface area contributed by atoms with Crippen LogP contribution in [0.15, 0.2) is 0 Å². The van der Waals surface area contributed by atoms with Gasteiger partial charge in [-0.3, -0.25) is 9.59 Å². The van der Waals surface area contributed by atoms with Gasteiger partial charge in [-0.05, 0) is 18.8 Å². The number of esters is 2. The lowest BCUT2D eigenvalue weighted by molar-refractivity contribution is -0.161. The minimum absolute atomic E-state index is 0.0577. The van der Waals surface area contributed by atoms with Crippen LogP contribution in [-0.4, -0.2) is 36.4 Å². The Hall–Kier alpha value is -1.10. The van der Waals surface area contributed by atoms with Gasteiger partial charge < -0.3 is 14.6 Å². The van der Waals surface area contributed by atoms with Gasteiger partial charge in [-0.15, -0.1) is 0 Å². The second kappa shape index (κ2) is 35.7. The summed E-state index contributed by atoms with van der Waals surface area (Å²) in [6, 6.07) is 0. The predicted molar refractivity (Wildman–Crippen MR) is 192 cm³/mol. The minimum Gasteiger partial charge on any atom is -0.462 e. The summed E-state index contributed by atoms with van der Waals surface area (Å²) in [5.74, 6) is 0.271. The molecule has 0 aliphatic carbocycles. The van der Waals surface area contributed by atoms with Crippen molar-refractivity contribution in [2.24, 2.45) is 5.92 Å². The zero-order valence-corrected chi connectivity index (χ0v) is 30.6. The first kappa shape index (κ1) is 43.9. The van der Waals surface area contributed by atoms with Gasteiger partial charge in [0.2, 0.25) is 0 Å². The first-order valence-electron chi connectivity index (χ1n) is 20.0. The van der Waals surface area contributed by atoms with Gasteiger partial charge in [0.05, 0.1) is 6.61 Å². The zero-order chi connectivity index (χ0) is 33.1. The smallest absolute Gasteiger partial charge is 0.306 e. The van der Waals surface area contributed by atoms with E-state index in [0.717, 1.165) is 38.0 Å². The lowest BCUT2D eigenvalue weighted by Crippen LogP contribution is -2.28. The summed E-state index contributed by atoms with van der Waals surface area (Å²) < 4.78 is 10.6. The summed E-state index contributed by atoms with van der Waals surface area (Å²) in [5, 5.41) is 9.55. The Morgan fingerprint density at radius 1 is 0.489 bits per heavy atom. The summed E-state index contributed by atoms with van der Waals surface area (Å²) >= 11 is 0. The number of ether oxygens (including phenoxy) is 2. The van der Waals surface area contributed by atoms with Crippen molar-refractivity contribution in [3.05, 3.63) is 0 Å². The Labute approximate surface area is 280 Å². The Morgan fingerprint density at radius 2 is 0.822 bits per heavy atom. The highest BCUT2D eigenvalue weighted by molar-refractivity contribution is 5.70. The SMILES string of the molecule is CCCCCCCCCCCCCCCCCC(=O)O[C@@H](CO)COC(=O)CCCCCCCCCCCCCCCC(C)C. The first-order valence-corrected chi connectivity index (χ1v) is 20.0. The number of aliphatic hydroxyl groups excluding tert-OH is 1. The molecule has 0 spiro atoms. The van der Waals surface area contributed by atoms with Crippen LogP contribution >= 0.6 is 0 Å². The lowest BCUT2D eigenvalue weighted by Gasteiger charge is -2.15. The molecular formula is C40H78O5. The Kier molecular flexibility index (Phi) is 34.9. The molecule has 0 fully saturated rings. The van der Waals surface area contributed by atoms with Gasteiger partial charge in [-0.2, -0.15) is 0 Å². The van der Waals surface area contributed by atoms with Gasteiger partial charge in [0, 0.05) is 12.8 Å². The molecule has 0 aromatic rings. The van der Waals surface area contributed by atoms with Gasteiger partial charge in [0.1, 0.15) is 6.61 Å². The fourth-order valence-corrected chi connectivity index (χ4v) is 6.03. The van der Waals surface area contributed by atoms with Crippen LogP contribution in [-0.2, 0) is 19.1 Å². The Morgan fingerprint density at radius 3 is 1.18 bits per heavy atom. The molecule has 0 aromatic carbocycles. The van der Waals surface area contributed by atoms with Crippen molar-refractivity contribution in [1.82, 2.24) is 0 Å². The molecule has 0 aromatic heterocycles. The third-order valence-electron chi connectivity index (χ3n) is 9.08. The molecule has 0 bridgehead atoms. The number of carbonyl (C=O) groups is 2. The van der Waals surface area contributed by atoms with Crippen LogP contribution in [0.3, 0.4) is 0 Å². The molecule has 0 saturated carbocycles. The minimum atomic E-state index is -0.761. The molecule has 0 heterocycles. The fourth-order valence-electron chi connectivity index (χ4n) is 6.03. The maximum atomic E-state index is 12.2. The monoisotopic (exact) mass is 639 g/mol. The van der Waals surface area contributed by atoms with E-state index >= 15 is 0 Å². The van der Waals surface area contributed by atoms with E-state index in [2.05, 4.69) is 20.8 Å². The van der Waals surface area contributed by atoms with Gasteiger partial charge >= 0.3 is 11.9 Å². The Bertz CT molecular complexity index is 620. The standard InChI is InChI=1S/C40H78O5/c1-4-5-6-7-8-9-10-11-12-15-19-22-25-28-31-34-40(43)45-38(35-41)36-44-39(42)33-30-27-24-21-18-16-13-14-17-20-23-26-29-32-37(2)3/h37-38,41H,4-36H2,1-3H3/t38-/m0/s1. The van der Waals surface area contributed by atoms with E-state index < -0.39 is 6.10 Å². The van der Waals surface area contributed by atoms with Gasteiger partial charge in [0.15, 0.2) is 6.10 Å². The van der Waals surface area contributed by atoms with E-state index in [1.165, 1.54) is 154 Å². The van der Waals surface area contributed by atoms with E-state index in [9.17, 15) is 14.7 Å². The van der Waals surface area contributed by atoms with Gasteiger partial charge in [-0.1, -0.05) is 194 Å². The van der Waals surface area contributed by atoms with Crippen LogP contribution in [0.1, 0.15) is 220 Å². The van der Waals surface area contributed by atoms with Crippen LogP contribution in [0, 0.1) is 5.92 Å². The largest absolute Gasteiger partial charge is 0.462 e. The average molecular weight is 639 g/mol. The molecule has 0 aliphatic heterocycles. The lowest BCUT2D eigenvalue weighted by atomic mass is 10.0. The molecule has 1 N–H and O–H groups in total. The highest BCUT2D eigenvalue weighted by atomic mass is 16.6. The topological polar surface area (TPSA) is 72.8 Å². The molecule has 5 heteroatoms. The molecule has 0 unspecified atom stereocenters. The second-order valence-electron chi connectivity index (χ2n) is 14.2. The van der Waals surface area contributed by atoms with Crippen molar-refractivity contribution in [2.45, 2.75) is 226 Å². The molecular weight excluding hydrogens is 560 g/mol. The number of carbonyl (C=O) groups excluding carboxylic acids is 2. The van der Waals surface area contributed by atoms with Crippen molar-refractivity contribution >= 4 is 11.9 Å². The molecule has 0 saturated heterocycles. The van der Waals surface area contributed by atoms with Crippen LogP contribution in [0.4, 0.5) is 0 Å². The number of hydrogen-bond acceptors (Lipinski definition) is 5. The molecule has 45 heavy (non-hydrogen) atoms. The van der Waals surface area contributed by atoms with Crippen molar-refractivity contribution < 1.29 is 24.2 Å². The summed E-state index contributed by atoms with van der Waals surface area (Å²) in [6.07, 6.45) is 37.3. The molecule has 0 amide bonds. The molecule has 5 nitrogen and oxygen atoms in total. The highest BCUT2D eigenvalue weighted by Crippen LogP contribution is 2.16. The summed E-state index contributed by atoms with van der Waals surface area (Å²) in [4.78, 5) is 24.2. The Balaban J connectivity index is 3.49. The van der Waals surface area contributed by atoms with E-state index in [-0.39, 0.29) is 25.2 Å². The van der Waals surface area contributed by atoms with Gasteiger partial charge in [0.25, 0.3) is 0 Å². The summed E-state index contributed by atoms with van der Waals surface area (Å²) in [5.41, 5.74) is 0. The van der Waals surface area contributed by atoms with Crippen LogP contribution in [0.25, 0.3) is 0 Å². The molecule has 0 radical (unpaired) electrons.